The Labute approximate surface area is 171 Å². The second kappa shape index (κ2) is 10.2. The van der Waals surface area contributed by atoms with Crippen LogP contribution < -0.4 is 10.6 Å². The van der Waals surface area contributed by atoms with E-state index in [-0.39, 0.29) is 24.0 Å². The van der Waals surface area contributed by atoms with E-state index in [2.05, 4.69) is 63.7 Å². The molecule has 0 bridgehead atoms. The molecule has 3 rings (SSSR count). The van der Waals surface area contributed by atoms with Crippen molar-refractivity contribution in [2.24, 2.45) is 4.99 Å². The number of aromatic amines is 1. The summed E-state index contributed by atoms with van der Waals surface area (Å²) in [4.78, 5) is 12.6. The van der Waals surface area contributed by atoms with E-state index in [1.807, 2.05) is 24.3 Å². The lowest BCUT2D eigenvalue weighted by Crippen LogP contribution is -2.38. The number of guanidine groups is 1. The van der Waals surface area contributed by atoms with Gasteiger partial charge < -0.3 is 15.6 Å². The number of H-pyrrole nitrogens is 1. The van der Waals surface area contributed by atoms with Crippen molar-refractivity contribution in [2.75, 3.05) is 13.1 Å². The quantitative estimate of drug-likeness (QED) is 0.296. The predicted molar refractivity (Wildman–Crippen MR) is 119 cm³/mol. The zero-order valence-electron chi connectivity index (χ0n) is 15.2. The number of aryl methyl sites for hydroxylation is 1. The third kappa shape index (κ3) is 5.72. The zero-order chi connectivity index (χ0) is 17.5. The van der Waals surface area contributed by atoms with Gasteiger partial charge in [-0.15, -0.1) is 24.0 Å². The fourth-order valence-electron chi connectivity index (χ4n) is 2.75. The Kier molecular flexibility index (Phi) is 7.90. The van der Waals surface area contributed by atoms with Crippen LogP contribution in [0.3, 0.4) is 0 Å². The van der Waals surface area contributed by atoms with Crippen LogP contribution in [0, 0.1) is 6.92 Å². The maximum Gasteiger partial charge on any atom is 0.191 e. The molecule has 0 aliphatic rings. The maximum absolute atomic E-state index is 4.66. The van der Waals surface area contributed by atoms with Gasteiger partial charge in [-0.25, -0.2) is 9.98 Å². The number of nitrogens with one attached hydrogen (secondary N) is 3. The molecule has 3 aromatic rings. The number of imidazole rings is 1. The molecule has 0 saturated carbocycles. The van der Waals surface area contributed by atoms with E-state index in [4.69, 9.17) is 0 Å². The smallest absolute Gasteiger partial charge is 0.191 e. The molecule has 0 aliphatic heterocycles. The van der Waals surface area contributed by atoms with Crippen molar-refractivity contribution in [3.05, 3.63) is 65.5 Å². The largest absolute Gasteiger partial charge is 0.357 e. The number of aromatic nitrogens is 2. The molecule has 3 N–H and O–H groups in total. The van der Waals surface area contributed by atoms with Gasteiger partial charge >= 0.3 is 0 Å². The first-order valence-corrected chi connectivity index (χ1v) is 8.76. The summed E-state index contributed by atoms with van der Waals surface area (Å²) in [5.74, 6) is 1.82. The fourth-order valence-corrected chi connectivity index (χ4v) is 2.75. The molecule has 0 saturated heterocycles. The Hall–Kier alpha value is -2.09. The van der Waals surface area contributed by atoms with Crippen molar-refractivity contribution in [2.45, 2.75) is 26.8 Å². The van der Waals surface area contributed by atoms with Gasteiger partial charge in [0.25, 0.3) is 0 Å². The number of aliphatic imine (C=N–C) groups is 1. The molecule has 0 unspecified atom stereocenters. The Morgan fingerprint density at radius 3 is 2.73 bits per heavy atom. The first kappa shape index (κ1) is 20.2. The van der Waals surface area contributed by atoms with E-state index in [1.54, 1.807) is 0 Å². The van der Waals surface area contributed by atoms with Gasteiger partial charge in [0.05, 0.1) is 17.6 Å². The second-order valence-electron chi connectivity index (χ2n) is 6.06. The summed E-state index contributed by atoms with van der Waals surface area (Å²) in [7, 11) is 0. The van der Waals surface area contributed by atoms with E-state index < -0.39 is 0 Å². The van der Waals surface area contributed by atoms with Crippen molar-refractivity contribution >= 4 is 41.0 Å². The summed E-state index contributed by atoms with van der Waals surface area (Å²) in [5.41, 5.74) is 4.57. The topological polar surface area (TPSA) is 65.1 Å². The Balaban J connectivity index is 0.00000243. The fraction of sp³-hybridized carbons (Fsp3) is 0.300. The Morgan fingerprint density at radius 2 is 1.96 bits per heavy atom. The molecule has 26 heavy (non-hydrogen) atoms. The molecule has 0 radical (unpaired) electrons. The molecule has 0 amide bonds. The molecule has 0 fully saturated rings. The normalized spacial score (nSPS) is 11.2. The van der Waals surface area contributed by atoms with Crippen molar-refractivity contribution in [3.63, 3.8) is 0 Å². The van der Waals surface area contributed by atoms with Crippen LogP contribution in [0.4, 0.5) is 0 Å². The molecule has 2 aromatic carbocycles. The van der Waals surface area contributed by atoms with Crippen LogP contribution in [0.25, 0.3) is 11.0 Å². The lowest BCUT2D eigenvalue weighted by atomic mass is 10.1. The van der Waals surface area contributed by atoms with Gasteiger partial charge in [0.2, 0.25) is 0 Å². The van der Waals surface area contributed by atoms with Crippen LogP contribution in [0.5, 0.6) is 0 Å². The van der Waals surface area contributed by atoms with E-state index in [0.29, 0.717) is 6.54 Å². The van der Waals surface area contributed by atoms with E-state index in [9.17, 15) is 0 Å². The summed E-state index contributed by atoms with van der Waals surface area (Å²) < 4.78 is 0. The van der Waals surface area contributed by atoms with Gasteiger partial charge in [0.1, 0.15) is 5.82 Å². The minimum absolute atomic E-state index is 0. The van der Waals surface area contributed by atoms with Crippen molar-refractivity contribution in [1.82, 2.24) is 20.6 Å². The minimum atomic E-state index is 0. The van der Waals surface area contributed by atoms with Crippen LogP contribution in [0.1, 0.15) is 23.9 Å². The van der Waals surface area contributed by atoms with Crippen molar-refractivity contribution < 1.29 is 0 Å². The first-order valence-electron chi connectivity index (χ1n) is 8.76. The molecule has 6 heteroatoms. The van der Waals surface area contributed by atoms with Gasteiger partial charge in [-0.05, 0) is 31.5 Å². The third-order valence-corrected chi connectivity index (χ3v) is 3.94. The highest BCUT2D eigenvalue weighted by atomic mass is 127. The molecular formula is C20H26IN5. The van der Waals surface area contributed by atoms with Gasteiger partial charge in [-0.1, -0.05) is 42.0 Å². The van der Waals surface area contributed by atoms with Crippen LogP contribution in [0.15, 0.2) is 53.5 Å². The molecule has 0 aliphatic carbocycles. The van der Waals surface area contributed by atoms with Crippen molar-refractivity contribution in [3.8, 4) is 0 Å². The van der Waals surface area contributed by atoms with Crippen LogP contribution in [-0.4, -0.2) is 29.0 Å². The highest BCUT2D eigenvalue weighted by molar-refractivity contribution is 14.0. The van der Waals surface area contributed by atoms with Crippen LogP contribution >= 0.6 is 24.0 Å². The molecule has 0 spiro atoms. The summed E-state index contributed by atoms with van der Waals surface area (Å²) in [6.45, 7) is 6.46. The second-order valence-corrected chi connectivity index (χ2v) is 6.06. The van der Waals surface area contributed by atoms with E-state index >= 15 is 0 Å². The lowest BCUT2D eigenvalue weighted by Gasteiger charge is -2.10. The molecule has 5 nitrogen and oxygen atoms in total. The first-order chi connectivity index (χ1) is 12.2. The maximum atomic E-state index is 4.66. The van der Waals surface area contributed by atoms with E-state index in [0.717, 1.165) is 42.3 Å². The van der Waals surface area contributed by atoms with Gasteiger partial charge in [0.15, 0.2) is 5.96 Å². The van der Waals surface area contributed by atoms with Crippen molar-refractivity contribution in [1.29, 1.82) is 0 Å². The van der Waals surface area contributed by atoms with Gasteiger partial charge in [-0.2, -0.15) is 0 Å². The Bertz CT molecular complexity index is 823. The zero-order valence-corrected chi connectivity index (χ0v) is 17.6. The molecule has 1 aromatic heterocycles. The highest BCUT2D eigenvalue weighted by Crippen LogP contribution is 2.10. The predicted octanol–water partition coefficient (Wildman–Crippen LogP) is 3.79. The number of para-hydroxylation sites is 2. The SMILES string of the molecule is CCNC(=NCc1cccc(C)c1)NCCc1nc2ccccc2[nH]1.I. The summed E-state index contributed by atoms with van der Waals surface area (Å²) in [5, 5.41) is 6.67. The number of hydrogen-bond acceptors (Lipinski definition) is 2. The van der Waals surface area contributed by atoms with Gasteiger partial charge in [0, 0.05) is 19.5 Å². The van der Waals surface area contributed by atoms with Gasteiger partial charge in [-0.3, -0.25) is 0 Å². The summed E-state index contributed by atoms with van der Waals surface area (Å²) >= 11 is 0. The number of fused-ring (bicyclic) bond motifs is 1. The lowest BCUT2D eigenvalue weighted by molar-refractivity contribution is 0.780. The Morgan fingerprint density at radius 1 is 1.12 bits per heavy atom. The van der Waals surface area contributed by atoms with E-state index in [1.165, 1.54) is 11.1 Å². The summed E-state index contributed by atoms with van der Waals surface area (Å²) in [6.07, 6.45) is 0.823. The van der Waals surface area contributed by atoms with Crippen LogP contribution in [0.2, 0.25) is 0 Å². The highest BCUT2D eigenvalue weighted by Gasteiger charge is 2.03. The number of halogens is 1. The monoisotopic (exact) mass is 463 g/mol. The standard InChI is InChI=1S/C20H25N5.HI/c1-3-21-20(23-14-16-8-6-7-15(2)13-16)22-12-11-19-24-17-9-4-5-10-18(17)25-19;/h4-10,13H,3,11-12,14H2,1-2H3,(H,24,25)(H2,21,22,23);1H. The third-order valence-electron chi connectivity index (χ3n) is 3.94. The minimum Gasteiger partial charge on any atom is -0.357 e. The number of benzene rings is 2. The number of hydrogen-bond donors (Lipinski definition) is 3. The average Bonchev–Trinajstić information content (AvgIpc) is 3.02. The number of nitrogens with zero attached hydrogens (tertiary/aromatic N) is 2. The van der Waals surface area contributed by atoms with Crippen LogP contribution in [-0.2, 0) is 13.0 Å². The average molecular weight is 463 g/mol. The molecule has 0 atom stereocenters. The molecular weight excluding hydrogens is 437 g/mol. The molecule has 1 heterocycles. The molecule has 138 valence electrons. The number of rotatable bonds is 6. The summed E-state index contributed by atoms with van der Waals surface area (Å²) in [6, 6.07) is 16.5.